The lowest BCUT2D eigenvalue weighted by Gasteiger charge is -2.25. The topological polar surface area (TPSA) is 124 Å². The molecule has 3 N–H and O–H groups in total. The normalized spacial score (nSPS) is 25.3. The molecule has 4 atom stereocenters. The fourth-order valence-electron chi connectivity index (χ4n) is 5.32. The Balaban J connectivity index is 1.30. The Labute approximate surface area is 212 Å². The van der Waals surface area contributed by atoms with Gasteiger partial charge < -0.3 is 30.0 Å². The van der Waals surface area contributed by atoms with E-state index < -0.39 is 0 Å². The molecule has 3 aromatic heterocycles. The van der Waals surface area contributed by atoms with Crippen molar-refractivity contribution in [1.29, 1.82) is 0 Å². The summed E-state index contributed by atoms with van der Waals surface area (Å²) in [5, 5.41) is 14.1. The Morgan fingerprint density at radius 2 is 2.03 bits per heavy atom. The molecule has 3 aliphatic rings. The molecule has 1 saturated carbocycles. The predicted molar refractivity (Wildman–Crippen MR) is 134 cm³/mol. The number of amides is 1. The summed E-state index contributed by atoms with van der Waals surface area (Å²) in [5.41, 5.74) is 0.819. The van der Waals surface area contributed by atoms with Crippen LogP contribution in [0, 0.1) is 11.8 Å². The fraction of sp³-hybridized carbons (Fsp3) is 0.500. The van der Waals surface area contributed by atoms with E-state index in [-0.39, 0.29) is 23.6 Å². The Morgan fingerprint density at radius 3 is 2.78 bits per heavy atom. The van der Waals surface area contributed by atoms with Crippen LogP contribution < -0.4 is 21.5 Å². The number of nitrogens with one attached hydrogen (secondary N) is 3. The second-order valence-electron chi connectivity index (χ2n) is 9.54. The van der Waals surface area contributed by atoms with Crippen LogP contribution in [0.3, 0.4) is 0 Å². The molecular formula is C24H28ClN7O4. The number of carbonyl (C=O) groups excluding carboxylic acids is 1. The number of anilines is 3. The standard InChI is InChI=1S/C24H28ClN7O4/c1-26-20-8-19(28-18-7-13(25)10-31(24(18)34)14-3-2-5-35-11-14)29-22-16(9-27-32(20)22)23(33)30-21-15-4-6-36-12-17(15)21/h7-10,14-15,17,21,26H,2-6,11-12H2,1H3,(H,28,29)(H,30,33)/t14-,15-,17+,21+/m1/s1. The Kier molecular flexibility index (Phi) is 6.06. The van der Waals surface area contributed by atoms with E-state index in [9.17, 15) is 9.59 Å². The van der Waals surface area contributed by atoms with E-state index >= 15 is 0 Å². The van der Waals surface area contributed by atoms with Crippen molar-refractivity contribution in [3.63, 3.8) is 0 Å². The van der Waals surface area contributed by atoms with Gasteiger partial charge in [0, 0.05) is 44.5 Å². The molecule has 1 aliphatic carbocycles. The average molecular weight is 514 g/mol. The van der Waals surface area contributed by atoms with Gasteiger partial charge in [0.15, 0.2) is 5.65 Å². The second-order valence-corrected chi connectivity index (χ2v) is 9.98. The predicted octanol–water partition coefficient (Wildman–Crippen LogP) is 2.45. The van der Waals surface area contributed by atoms with E-state index in [0.717, 1.165) is 25.9 Å². The summed E-state index contributed by atoms with van der Waals surface area (Å²) in [7, 11) is 1.75. The number of hydrogen-bond acceptors (Lipinski definition) is 8. The molecule has 0 aromatic carbocycles. The zero-order chi connectivity index (χ0) is 24.8. The van der Waals surface area contributed by atoms with Gasteiger partial charge in [-0.25, -0.2) is 4.98 Å². The molecule has 3 fully saturated rings. The molecule has 0 radical (unpaired) electrons. The third kappa shape index (κ3) is 4.21. The summed E-state index contributed by atoms with van der Waals surface area (Å²) in [4.78, 5) is 31.0. The zero-order valence-corrected chi connectivity index (χ0v) is 20.6. The molecule has 2 aliphatic heterocycles. The lowest BCUT2D eigenvalue weighted by atomic mass is 10.1. The van der Waals surface area contributed by atoms with Crippen molar-refractivity contribution in [3.05, 3.63) is 45.5 Å². The molecule has 1 amide bonds. The summed E-state index contributed by atoms with van der Waals surface area (Å²) in [5.74, 6) is 1.63. The molecule has 0 unspecified atom stereocenters. The molecule has 36 heavy (non-hydrogen) atoms. The van der Waals surface area contributed by atoms with Crippen molar-refractivity contribution < 1.29 is 14.3 Å². The highest BCUT2D eigenvalue weighted by atomic mass is 35.5. The minimum absolute atomic E-state index is 0.0737. The zero-order valence-electron chi connectivity index (χ0n) is 19.9. The number of nitrogens with zero attached hydrogens (tertiary/aromatic N) is 4. The van der Waals surface area contributed by atoms with Crippen molar-refractivity contribution in [2.45, 2.75) is 31.3 Å². The van der Waals surface area contributed by atoms with Crippen molar-refractivity contribution in [3.8, 4) is 0 Å². The second kappa shape index (κ2) is 9.38. The first-order chi connectivity index (χ1) is 17.5. The van der Waals surface area contributed by atoms with Crippen LogP contribution in [0.15, 0.2) is 29.3 Å². The van der Waals surface area contributed by atoms with Gasteiger partial charge in [0.2, 0.25) is 0 Å². The Morgan fingerprint density at radius 1 is 1.17 bits per heavy atom. The minimum Gasteiger partial charge on any atom is -0.381 e. The molecule has 0 bridgehead atoms. The van der Waals surface area contributed by atoms with E-state index in [1.54, 1.807) is 34.5 Å². The minimum atomic E-state index is -0.224. The molecule has 0 spiro atoms. The van der Waals surface area contributed by atoms with Gasteiger partial charge in [-0.3, -0.25) is 9.59 Å². The third-order valence-corrected chi connectivity index (χ3v) is 7.52. The van der Waals surface area contributed by atoms with E-state index in [0.29, 0.717) is 65.2 Å². The average Bonchev–Trinajstić information content (AvgIpc) is 3.40. The number of halogens is 1. The van der Waals surface area contributed by atoms with Crippen LogP contribution in [0.2, 0.25) is 5.02 Å². The number of hydrogen-bond donors (Lipinski definition) is 3. The van der Waals surface area contributed by atoms with Gasteiger partial charge in [-0.2, -0.15) is 9.61 Å². The summed E-state index contributed by atoms with van der Waals surface area (Å²) >= 11 is 6.37. The fourth-order valence-corrected chi connectivity index (χ4v) is 5.54. The van der Waals surface area contributed by atoms with Crippen molar-refractivity contribution in [2.75, 3.05) is 44.1 Å². The SMILES string of the molecule is CNc1cc(Nc2cc(Cl)cn([C@@H]3CCCOC3)c2=O)nc2c(C(=O)N[C@H]3[C@@H]4CCOC[C@@H]43)cnn12. The maximum absolute atomic E-state index is 13.3. The van der Waals surface area contributed by atoms with Crippen molar-refractivity contribution in [2.24, 2.45) is 11.8 Å². The molecular weight excluding hydrogens is 486 g/mol. The van der Waals surface area contributed by atoms with Crippen LogP contribution in [-0.2, 0) is 9.47 Å². The molecule has 5 heterocycles. The van der Waals surface area contributed by atoms with Crippen LogP contribution >= 0.6 is 11.6 Å². The number of aromatic nitrogens is 4. The van der Waals surface area contributed by atoms with Crippen molar-refractivity contribution in [1.82, 2.24) is 24.5 Å². The van der Waals surface area contributed by atoms with Gasteiger partial charge in [0.05, 0.1) is 30.5 Å². The van der Waals surface area contributed by atoms with Gasteiger partial charge in [0.25, 0.3) is 11.5 Å². The summed E-state index contributed by atoms with van der Waals surface area (Å²) in [6.45, 7) is 2.60. The molecule has 2 saturated heterocycles. The van der Waals surface area contributed by atoms with E-state index in [4.69, 9.17) is 21.1 Å². The quantitative estimate of drug-likeness (QED) is 0.459. The van der Waals surface area contributed by atoms with E-state index in [1.165, 1.54) is 6.20 Å². The van der Waals surface area contributed by atoms with Gasteiger partial charge >= 0.3 is 0 Å². The van der Waals surface area contributed by atoms with Gasteiger partial charge in [-0.05, 0) is 31.2 Å². The Hall–Kier alpha value is -3.15. The number of fused-ring (bicyclic) bond motifs is 2. The number of rotatable bonds is 6. The van der Waals surface area contributed by atoms with Crippen LogP contribution in [0.25, 0.3) is 5.65 Å². The maximum Gasteiger partial charge on any atom is 0.274 e. The van der Waals surface area contributed by atoms with E-state index in [1.807, 2.05) is 0 Å². The van der Waals surface area contributed by atoms with Crippen LogP contribution in [-0.4, -0.2) is 64.6 Å². The third-order valence-electron chi connectivity index (χ3n) is 7.31. The molecule has 12 heteroatoms. The van der Waals surface area contributed by atoms with Gasteiger partial charge in [0.1, 0.15) is 22.9 Å². The first-order valence-electron chi connectivity index (χ1n) is 12.2. The number of pyridine rings is 1. The summed E-state index contributed by atoms with van der Waals surface area (Å²) in [6.07, 6.45) is 5.85. The Bertz CT molecular complexity index is 1350. The largest absolute Gasteiger partial charge is 0.381 e. The van der Waals surface area contributed by atoms with Crippen LogP contribution in [0.5, 0.6) is 0 Å². The summed E-state index contributed by atoms with van der Waals surface area (Å²) < 4.78 is 14.3. The monoisotopic (exact) mass is 513 g/mol. The van der Waals surface area contributed by atoms with Gasteiger partial charge in [-0.1, -0.05) is 11.6 Å². The first-order valence-corrected chi connectivity index (χ1v) is 12.6. The van der Waals surface area contributed by atoms with Crippen molar-refractivity contribution >= 4 is 40.5 Å². The molecule has 190 valence electrons. The van der Waals surface area contributed by atoms with Crippen LogP contribution in [0.1, 0.15) is 35.7 Å². The van der Waals surface area contributed by atoms with Gasteiger partial charge in [-0.15, -0.1) is 0 Å². The highest BCUT2D eigenvalue weighted by molar-refractivity contribution is 6.30. The maximum atomic E-state index is 13.3. The number of ether oxygens (including phenoxy) is 2. The summed E-state index contributed by atoms with van der Waals surface area (Å²) in [6, 6.07) is 3.35. The molecule has 6 rings (SSSR count). The molecule has 11 nitrogen and oxygen atoms in total. The van der Waals surface area contributed by atoms with Crippen LogP contribution in [0.4, 0.5) is 17.3 Å². The first kappa shape index (κ1) is 23.3. The van der Waals surface area contributed by atoms with E-state index in [2.05, 4.69) is 26.0 Å². The molecule has 3 aromatic rings. The lowest BCUT2D eigenvalue weighted by molar-refractivity contribution is 0.0581. The lowest BCUT2D eigenvalue weighted by Crippen LogP contribution is -2.31. The highest BCUT2D eigenvalue weighted by Gasteiger charge is 2.52. The smallest absolute Gasteiger partial charge is 0.274 e. The highest BCUT2D eigenvalue weighted by Crippen LogP contribution is 2.44. The number of carbonyl (C=O) groups is 1.